The van der Waals surface area contributed by atoms with Crippen molar-refractivity contribution in [3.8, 4) is 0 Å². The molecule has 4 heteroatoms. The molecule has 1 aromatic carbocycles. The van der Waals surface area contributed by atoms with E-state index in [0.717, 1.165) is 18.6 Å². The average Bonchev–Trinajstić information content (AvgIpc) is 2.87. The molecule has 1 aliphatic heterocycles. The van der Waals surface area contributed by atoms with Gasteiger partial charge in [-0.15, -0.1) is 11.3 Å². The first kappa shape index (κ1) is 9.12. The van der Waals surface area contributed by atoms with Crippen LogP contribution in [0, 0.1) is 0 Å². The molecule has 0 spiro atoms. The molecule has 3 rings (SSSR count). The maximum absolute atomic E-state index is 4.27. The fraction of sp³-hybridized carbons (Fsp3) is 0.364. The molecule has 1 fully saturated rings. The van der Waals surface area contributed by atoms with E-state index in [4.69, 9.17) is 0 Å². The van der Waals surface area contributed by atoms with Crippen LogP contribution in [0.2, 0.25) is 0 Å². The van der Waals surface area contributed by atoms with Crippen LogP contribution in [0.25, 0.3) is 10.2 Å². The number of rotatable bonds is 2. The molecule has 3 nitrogen and oxygen atoms in total. The lowest BCUT2D eigenvalue weighted by molar-refractivity contribution is 0.794. The Bertz CT molecular complexity index is 460. The van der Waals surface area contributed by atoms with Crippen molar-refractivity contribution < 1.29 is 0 Å². The Kier molecular flexibility index (Phi) is 2.31. The van der Waals surface area contributed by atoms with Crippen molar-refractivity contribution in [1.82, 2.24) is 10.3 Å². The lowest BCUT2D eigenvalue weighted by atomic mass is 10.2. The van der Waals surface area contributed by atoms with Gasteiger partial charge in [-0.05, 0) is 31.2 Å². The third-order valence-corrected chi connectivity index (χ3v) is 3.55. The van der Waals surface area contributed by atoms with E-state index >= 15 is 0 Å². The molecule has 0 bridgehead atoms. The summed E-state index contributed by atoms with van der Waals surface area (Å²) in [7, 11) is 0. The van der Waals surface area contributed by atoms with E-state index in [1.807, 2.05) is 5.51 Å². The highest BCUT2D eigenvalue weighted by Crippen LogP contribution is 2.22. The molecule has 1 aromatic heterocycles. The van der Waals surface area contributed by atoms with Gasteiger partial charge in [-0.3, -0.25) is 0 Å². The minimum atomic E-state index is 0.579. The molecular formula is C11H13N3S. The standard InChI is InChI=1S/C11H13N3S/c1-2-10-11(15-7-13-10)5-8(1)14-9-3-4-12-6-9/h1-2,5,7,9,12,14H,3-4,6H2. The minimum Gasteiger partial charge on any atom is -0.381 e. The van der Waals surface area contributed by atoms with Crippen molar-refractivity contribution >= 4 is 27.2 Å². The Morgan fingerprint density at radius 3 is 3.33 bits per heavy atom. The molecule has 1 aliphatic rings. The summed E-state index contributed by atoms with van der Waals surface area (Å²) < 4.78 is 1.26. The third kappa shape index (κ3) is 1.82. The maximum atomic E-state index is 4.27. The zero-order chi connectivity index (χ0) is 10.1. The lowest BCUT2D eigenvalue weighted by Crippen LogP contribution is -2.21. The third-order valence-electron chi connectivity index (χ3n) is 2.76. The number of aromatic nitrogens is 1. The first-order valence-electron chi connectivity index (χ1n) is 5.22. The number of nitrogens with zero attached hydrogens (tertiary/aromatic N) is 1. The Balaban J connectivity index is 1.84. The molecule has 1 saturated heterocycles. The van der Waals surface area contributed by atoms with Gasteiger partial charge >= 0.3 is 0 Å². The number of thiazole rings is 1. The van der Waals surface area contributed by atoms with Crippen molar-refractivity contribution in [2.45, 2.75) is 12.5 Å². The molecule has 78 valence electrons. The highest BCUT2D eigenvalue weighted by molar-refractivity contribution is 7.16. The first-order valence-corrected chi connectivity index (χ1v) is 6.10. The van der Waals surface area contributed by atoms with Crippen LogP contribution in [0.1, 0.15) is 6.42 Å². The molecule has 1 atom stereocenters. The molecule has 2 heterocycles. The topological polar surface area (TPSA) is 37.0 Å². The number of benzene rings is 1. The van der Waals surface area contributed by atoms with Crippen molar-refractivity contribution in [3.63, 3.8) is 0 Å². The van der Waals surface area contributed by atoms with Crippen LogP contribution >= 0.6 is 11.3 Å². The molecule has 0 radical (unpaired) electrons. The van der Waals surface area contributed by atoms with E-state index in [9.17, 15) is 0 Å². The van der Waals surface area contributed by atoms with Gasteiger partial charge in [-0.2, -0.15) is 0 Å². The van der Waals surface area contributed by atoms with Gasteiger partial charge in [0.2, 0.25) is 0 Å². The second-order valence-electron chi connectivity index (χ2n) is 3.87. The number of nitrogens with one attached hydrogen (secondary N) is 2. The van der Waals surface area contributed by atoms with Crippen LogP contribution in [0.3, 0.4) is 0 Å². The van der Waals surface area contributed by atoms with E-state index < -0.39 is 0 Å². The van der Waals surface area contributed by atoms with E-state index in [1.54, 1.807) is 11.3 Å². The van der Waals surface area contributed by atoms with Crippen molar-refractivity contribution in [3.05, 3.63) is 23.7 Å². The maximum Gasteiger partial charge on any atom is 0.0813 e. The number of hydrogen-bond acceptors (Lipinski definition) is 4. The zero-order valence-electron chi connectivity index (χ0n) is 8.36. The summed E-state index contributed by atoms with van der Waals surface area (Å²) in [6.45, 7) is 2.20. The molecular weight excluding hydrogens is 206 g/mol. The summed E-state index contributed by atoms with van der Waals surface area (Å²) in [5.41, 5.74) is 4.20. The summed E-state index contributed by atoms with van der Waals surface area (Å²) in [5.74, 6) is 0. The quantitative estimate of drug-likeness (QED) is 0.812. The van der Waals surface area contributed by atoms with Crippen LogP contribution in [-0.2, 0) is 0 Å². The molecule has 0 aliphatic carbocycles. The first-order chi connectivity index (χ1) is 7.42. The molecule has 0 amide bonds. The normalized spacial score (nSPS) is 20.9. The smallest absolute Gasteiger partial charge is 0.0813 e. The predicted molar refractivity (Wildman–Crippen MR) is 64.5 cm³/mol. The van der Waals surface area contributed by atoms with E-state index in [-0.39, 0.29) is 0 Å². The molecule has 0 saturated carbocycles. The Morgan fingerprint density at radius 2 is 2.47 bits per heavy atom. The van der Waals surface area contributed by atoms with Gasteiger partial charge in [0, 0.05) is 18.3 Å². The van der Waals surface area contributed by atoms with Crippen LogP contribution in [0.15, 0.2) is 23.7 Å². The van der Waals surface area contributed by atoms with Gasteiger partial charge in [0.15, 0.2) is 0 Å². The monoisotopic (exact) mass is 219 g/mol. The van der Waals surface area contributed by atoms with Crippen molar-refractivity contribution in [2.75, 3.05) is 18.4 Å². The molecule has 2 N–H and O–H groups in total. The Morgan fingerprint density at radius 1 is 1.47 bits per heavy atom. The molecule has 15 heavy (non-hydrogen) atoms. The SMILES string of the molecule is c1nc2ccc(NC3CCNC3)cc2s1. The summed E-state index contributed by atoms with van der Waals surface area (Å²) in [6, 6.07) is 6.96. The van der Waals surface area contributed by atoms with Gasteiger partial charge in [0.1, 0.15) is 0 Å². The van der Waals surface area contributed by atoms with Gasteiger partial charge in [0.25, 0.3) is 0 Å². The predicted octanol–water partition coefficient (Wildman–Crippen LogP) is 2.07. The minimum absolute atomic E-state index is 0.579. The van der Waals surface area contributed by atoms with Gasteiger partial charge in [0.05, 0.1) is 15.7 Å². The van der Waals surface area contributed by atoms with Gasteiger partial charge < -0.3 is 10.6 Å². The highest BCUT2D eigenvalue weighted by atomic mass is 32.1. The summed E-state index contributed by atoms with van der Waals surface area (Å²) >= 11 is 1.69. The lowest BCUT2D eigenvalue weighted by Gasteiger charge is -2.12. The summed E-state index contributed by atoms with van der Waals surface area (Å²) in [6.07, 6.45) is 1.21. The van der Waals surface area contributed by atoms with Crippen LogP contribution < -0.4 is 10.6 Å². The number of anilines is 1. The average molecular weight is 219 g/mol. The largest absolute Gasteiger partial charge is 0.381 e. The van der Waals surface area contributed by atoms with Gasteiger partial charge in [-0.25, -0.2) is 4.98 Å². The van der Waals surface area contributed by atoms with Crippen LogP contribution in [-0.4, -0.2) is 24.1 Å². The van der Waals surface area contributed by atoms with Crippen LogP contribution in [0.5, 0.6) is 0 Å². The molecule has 2 aromatic rings. The number of fused-ring (bicyclic) bond motifs is 1. The van der Waals surface area contributed by atoms with E-state index in [0.29, 0.717) is 6.04 Å². The Hall–Kier alpha value is -1.13. The second kappa shape index (κ2) is 3.79. The number of hydrogen-bond donors (Lipinski definition) is 2. The van der Waals surface area contributed by atoms with Crippen molar-refractivity contribution in [1.29, 1.82) is 0 Å². The highest BCUT2D eigenvalue weighted by Gasteiger charge is 2.13. The Labute approximate surface area is 92.5 Å². The summed E-state index contributed by atoms with van der Waals surface area (Å²) in [5, 5.41) is 6.89. The fourth-order valence-corrected chi connectivity index (χ4v) is 2.67. The molecule has 1 unspecified atom stereocenters. The van der Waals surface area contributed by atoms with Crippen molar-refractivity contribution in [2.24, 2.45) is 0 Å². The summed E-state index contributed by atoms with van der Waals surface area (Å²) in [4.78, 5) is 4.27. The van der Waals surface area contributed by atoms with Crippen LogP contribution in [0.4, 0.5) is 5.69 Å². The van der Waals surface area contributed by atoms with Gasteiger partial charge in [-0.1, -0.05) is 0 Å². The second-order valence-corrected chi connectivity index (χ2v) is 4.76. The van der Waals surface area contributed by atoms with E-state index in [1.165, 1.54) is 16.8 Å². The fourth-order valence-electron chi connectivity index (χ4n) is 1.96. The zero-order valence-corrected chi connectivity index (χ0v) is 9.18. The van der Waals surface area contributed by atoms with E-state index in [2.05, 4.69) is 33.8 Å².